The second kappa shape index (κ2) is 15.3. The largest absolute Gasteiger partial charge is 0.543 e. The van der Waals surface area contributed by atoms with Crippen LogP contribution in [0.1, 0.15) is 99.0 Å². The Kier molecular flexibility index (Phi) is 13.2. The molecular weight excluding hydrogens is 553 g/mol. The van der Waals surface area contributed by atoms with Crippen molar-refractivity contribution in [2.75, 3.05) is 0 Å². The summed E-state index contributed by atoms with van der Waals surface area (Å²) in [5, 5.41) is 12.5. The van der Waals surface area contributed by atoms with Crippen molar-refractivity contribution in [3.05, 3.63) is 35.4 Å². The fraction of sp³-hybridized carbons (Fsp3) is 0.694. The van der Waals surface area contributed by atoms with Gasteiger partial charge in [0.25, 0.3) is 16.6 Å². The lowest BCUT2D eigenvalue weighted by Crippen LogP contribution is -2.46. The van der Waals surface area contributed by atoms with Crippen molar-refractivity contribution in [2.45, 2.75) is 126 Å². The third-order valence-electron chi connectivity index (χ3n) is 7.76. The number of hydrogen-bond acceptors (Lipinski definition) is 3. The Morgan fingerprint density at radius 3 is 1.36 bits per heavy atom. The molecule has 0 amide bonds. The molecule has 0 aromatic heterocycles. The first kappa shape index (κ1) is 36.4. The van der Waals surface area contributed by atoms with Crippen LogP contribution in [-0.4, -0.2) is 27.7 Å². The van der Waals surface area contributed by atoms with E-state index in [4.69, 9.17) is 8.85 Å². The summed E-state index contributed by atoms with van der Waals surface area (Å²) in [7, 11) is -4.63. The molecule has 0 unspecified atom stereocenters. The molecule has 0 saturated heterocycles. The molecule has 4 nitrogen and oxygen atoms in total. The Morgan fingerprint density at radius 1 is 0.619 bits per heavy atom. The normalized spacial score (nSPS) is 13.0. The molecule has 6 heteroatoms. The van der Waals surface area contributed by atoms with Gasteiger partial charge in [-0.05, 0) is 90.8 Å². The van der Waals surface area contributed by atoms with Crippen LogP contribution in [-0.2, 0) is 0 Å². The molecule has 1 N–H and O–H groups in total. The third kappa shape index (κ3) is 10.4. The summed E-state index contributed by atoms with van der Waals surface area (Å²) in [4.78, 5) is 13.0. The summed E-state index contributed by atoms with van der Waals surface area (Å²) in [5.41, 5.74) is 1.39. The second-order valence-corrected chi connectivity index (χ2v) is 23.4. The van der Waals surface area contributed by atoms with Crippen LogP contribution < -0.4 is 8.85 Å². The lowest BCUT2D eigenvalue weighted by Gasteiger charge is -2.38. The van der Waals surface area contributed by atoms with Gasteiger partial charge in [-0.25, -0.2) is 4.79 Å². The third-order valence-corrected chi connectivity index (χ3v) is 18.4. The number of aryl methyl sites for hydroxylation is 1. The first-order valence-corrected chi connectivity index (χ1v) is 21.6. The highest BCUT2D eigenvalue weighted by molar-refractivity contribution is 6.75. The van der Waals surface area contributed by atoms with Gasteiger partial charge in [-0.2, -0.15) is 0 Å². The van der Waals surface area contributed by atoms with Gasteiger partial charge < -0.3 is 14.0 Å². The van der Waals surface area contributed by atoms with E-state index in [0.29, 0.717) is 41.3 Å². The summed E-state index contributed by atoms with van der Waals surface area (Å²) in [6.45, 7) is 29.4. The Hall–Kier alpha value is -1.80. The van der Waals surface area contributed by atoms with E-state index in [1.165, 1.54) is 0 Å². The van der Waals surface area contributed by atoms with Crippen molar-refractivity contribution in [2.24, 2.45) is 35.5 Å². The number of fused-ring (bicyclic) bond motifs is 1. The van der Waals surface area contributed by atoms with Crippen LogP contribution in [0.5, 0.6) is 11.5 Å². The van der Waals surface area contributed by atoms with Crippen molar-refractivity contribution >= 4 is 33.4 Å². The molecule has 0 aliphatic rings. The number of rotatable bonds is 17. The fourth-order valence-corrected chi connectivity index (χ4v) is 19.2. The lowest BCUT2D eigenvalue weighted by molar-refractivity contribution is 0.0694. The maximum Gasteiger partial charge on any atom is 0.339 e. The van der Waals surface area contributed by atoms with Gasteiger partial charge >= 0.3 is 5.97 Å². The molecule has 0 saturated carbocycles. The predicted octanol–water partition coefficient (Wildman–Crippen LogP) is 11.4. The van der Waals surface area contributed by atoms with Crippen LogP contribution in [0.25, 0.3) is 10.8 Å². The van der Waals surface area contributed by atoms with E-state index in [1.54, 1.807) is 0 Å². The minimum atomic E-state index is -2.36. The molecule has 238 valence electrons. The Bertz CT molecular complexity index is 1110. The molecule has 0 fully saturated rings. The molecule has 42 heavy (non-hydrogen) atoms. The molecule has 0 bridgehead atoms. The molecular formula is C36H62O4Si2. The highest BCUT2D eigenvalue weighted by Crippen LogP contribution is 2.44. The topological polar surface area (TPSA) is 55.8 Å². The minimum absolute atomic E-state index is 0.246. The van der Waals surface area contributed by atoms with E-state index in [2.05, 4.69) is 108 Å². The predicted molar refractivity (Wildman–Crippen MR) is 186 cm³/mol. The molecule has 0 spiro atoms. The van der Waals surface area contributed by atoms with E-state index in [0.717, 1.165) is 58.3 Å². The lowest BCUT2D eigenvalue weighted by atomic mass is 10.0. The van der Waals surface area contributed by atoms with Gasteiger partial charge in [0.05, 0.1) is 0 Å². The Labute approximate surface area is 260 Å². The summed E-state index contributed by atoms with van der Waals surface area (Å²) in [6.07, 6.45) is 0. The first-order chi connectivity index (χ1) is 19.4. The fourth-order valence-electron chi connectivity index (χ4n) is 7.50. The first-order valence-electron chi connectivity index (χ1n) is 16.6. The van der Waals surface area contributed by atoms with Crippen LogP contribution in [0.4, 0.5) is 0 Å². The van der Waals surface area contributed by atoms with Gasteiger partial charge in [0.2, 0.25) is 0 Å². The summed E-state index contributed by atoms with van der Waals surface area (Å²) in [6, 6.07) is 14.4. The van der Waals surface area contributed by atoms with Gasteiger partial charge in [-0.15, -0.1) is 0 Å². The van der Waals surface area contributed by atoms with E-state index < -0.39 is 22.6 Å². The zero-order valence-corrected chi connectivity index (χ0v) is 31.2. The molecule has 2 rings (SSSR count). The van der Waals surface area contributed by atoms with Gasteiger partial charge in [0.15, 0.2) is 0 Å². The van der Waals surface area contributed by atoms with Gasteiger partial charge in [-0.1, -0.05) is 101 Å². The van der Waals surface area contributed by atoms with Crippen molar-refractivity contribution < 1.29 is 18.8 Å². The number of carboxylic acids is 1. The maximum absolute atomic E-state index is 13.0. The smallest absolute Gasteiger partial charge is 0.339 e. The van der Waals surface area contributed by atoms with Crippen molar-refractivity contribution in [1.82, 2.24) is 0 Å². The Morgan fingerprint density at radius 2 is 1.00 bits per heavy atom. The average molecular weight is 615 g/mol. The molecule has 0 aliphatic heterocycles. The van der Waals surface area contributed by atoms with E-state index in [1.807, 2.05) is 6.07 Å². The van der Waals surface area contributed by atoms with Gasteiger partial charge in [0, 0.05) is 10.8 Å². The molecule has 0 radical (unpaired) electrons. The zero-order valence-electron chi connectivity index (χ0n) is 29.2. The van der Waals surface area contributed by atoms with Gasteiger partial charge in [-0.3, -0.25) is 0 Å². The minimum Gasteiger partial charge on any atom is -0.543 e. The van der Waals surface area contributed by atoms with Gasteiger partial charge in [0.1, 0.15) is 17.1 Å². The van der Waals surface area contributed by atoms with E-state index >= 15 is 0 Å². The highest BCUT2D eigenvalue weighted by Gasteiger charge is 2.42. The monoisotopic (exact) mass is 614 g/mol. The SMILES string of the molecule is Cc1ccc2c(O[Si](CC(C)C)(CC(C)C)CC(C)C)c(C(=O)O)cc(O[Si](CC(C)C)(CC(C)C)CC(C)C)c2c1. The molecule has 0 atom stereocenters. The van der Waals surface area contributed by atoms with Crippen molar-refractivity contribution in [3.8, 4) is 11.5 Å². The zero-order chi connectivity index (χ0) is 32.0. The van der Waals surface area contributed by atoms with E-state index in [-0.39, 0.29) is 5.56 Å². The van der Waals surface area contributed by atoms with E-state index in [9.17, 15) is 9.90 Å². The second-order valence-electron chi connectivity index (χ2n) is 15.8. The number of hydrogen-bond donors (Lipinski definition) is 1. The Balaban J connectivity index is 2.91. The summed E-state index contributed by atoms with van der Waals surface area (Å²) in [5.74, 6) is 3.33. The van der Waals surface area contributed by atoms with Crippen LogP contribution in [0.3, 0.4) is 0 Å². The quantitative estimate of drug-likeness (QED) is 0.180. The van der Waals surface area contributed by atoms with Crippen LogP contribution >= 0.6 is 0 Å². The van der Waals surface area contributed by atoms with Crippen LogP contribution in [0.15, 0.2) is 24.3 Å². The van der Waals surface area contributed by atoms with Crippen LogP contribution in [0, 0.1) is 42.4 Å². The summed E-state index contributed by atoms with van der Waals surface area (Å²) >= 11 is 0. The van der Waals surface area contributed by atoms with Crippen molar-refractivity contribution in [1.29, 1.82) is 0 Å². The number of carbonyl (C=O) groups is 1. The molecule has 0 aliphatic carbocycles. The standard InChI is InChI=1S/C36H62O4Si2/c1-24(2)18-41(19-25(3)4,20-26(5)6)39-34-17-33(36(37)38)35(31-15-14-30(13)16-32(31)34)40-42(21-27(7)8,22-28(9)10)23-29(11)12/h14-17,24-29H,18-23H2,1-13H3,(H,37,38). The number of benzene rings is 2. The average Bonchev–Trinajstić information content (AvgIpc) is 2.77. The maximum atomic E-state index is 13.0. The molecule has 2 aromatic carbocycles. The number of carboxylic acid groups (broad SMARTS) is 1. The van der Waals surface area contributed by atoms with Crippen molar-refractivity contribution in [3.63, 3.8) is 0 Å². The molecule has 2 aromatic rings. The number of aromatic carboxylic acids is 1. The summed E-state index contributed by atoms with van der Waals surface area (Å²) < 4.78 is 14.6. The highest BCUT2D eigenvalue weighted by atomic mass is 28.4. The molecule has 0 heterocycles. The van der Waals surface area contributed by atoms with Crippen LogP contribution in [0.2, 0.25) is 36.3 Å².